The zero-order chi connectivity index (χ0) is 24.2. The van der Waals surface area contributed by atoms with E-state index in [4.69, 9.17) is 39.8 Å². The maximum Gasteiger partial charge on any atom is 0.250 e. The molecule has 2 aromatic heterocycles. The van der Waals surface area contributed by atoms with Crippen LogP contribution >= 0.6 is 46.8 Å². The average Bonchev–Trinajstić information content (AvgIpc) is 3.38. The second-order valence-corrected chi connectivity index (χ2v) is 9.27. The number of carbonyl (C=O) groups excluding carboxylic acids is 2. The van der Waals surface area contributed by atoms with Gasteiger partial charge in [-0.15, -0.1) is 0 Å². The summed E-state index contributed by atoms with van der Waals surface area (Å²) >= 11 is 18.7. The fourth-order valence-electron chi connectivity index (χ4n) is 2.98. The van der Waals surface area contributed by atoms with Crippen molar-refractivity contribution < 1.29 is 14.0 Å². The van der Waals surface area contributed by atoms with E-state index in [1.807, 2.05) is 6.07 Å². The number of carbonyl (C=O) groups is 2. The van der Waals surface area contributed by atoms with Gasteiger partial charge in [0.1, 0.15) is 11.5 Å². The second-order valence-electron chi connectivity index (χ2n) is 6.99. The van der Waals surface area contributed by atoms with Gasteiger partial charge >= 0.3 is 0 Å². The second kappa shape index (κ2) is 10.4. The van der Waals surface area contributed by atoms with Gasteiger partial charge in [-0.1, -0.05) is 34.5 Å². The Morgan fingerprint density at radius 2 is 1.91 bits per heavy atom. The molecule has 0 unspecified atom stereocenters. The molecule has 34 heavy (non-hydrogen) atoms. The van der Waals surface area contributed by atoms with E-state index < -0.39 is 5.91 Å². The number of anilines is 2. The van der Waals surface area contributed by atoms with Crippen molar-refractivity contribution in [2.24, 2.45) is 0 Å². The summed E-state index contributed by atoms with van der Waals surface area (Å²) in [6.45, 7) is 1.44. The monoisotopic (exact) mass is 530 g/mol. The van der Waals surface area contributed by atoms with E-state index in [1.54, 1.807) is 42.5 Å². The van der Waals surface area contributed by atoms with Crippen molar-refractivity contribution in [1.82, 2.24) is 10.3 Å². The molecule has 0 bridgehead atoms. The number of benzene rings is 2. The standard InChI is InChI=1S/C23H16Cl2N4O3S2/c1-12(30)26-14-3-7-18-20(11-14)34-23(27-18)29-22(33)28-21(31)9-5-15-4-8-19(32-15)16-6-2-13(24)10-17(16)25/h2-11H,1H3,(H,26,30)(H2,27,28,29,31,33)/b9-5+. The van der Waals surface area contributed by atoms with Crippen molar-refractivity contribution in [2.45, 2.75) is 6.92 Å². The molecule has 172 valence electrons. The third-order valence-corrected chi connectivity index (χ3v) is 6.07. The molecule has 0 atom stereocenters. The molecule has 3 N–H and O–H groups in total. The third-order valence-electron chi connectivity index (χ3n) is 4.39. The van der Waals surface area contributed by atoms with Crippen LogP contribution in [-0.2, 0) is 9.59 Å². The first-order valence-electron chi connectivity index (χ1n) is 9.80. The summed E-state index contributed by atoms with van der Waals surface area (Å²) < 4.78 is 6.59. The van der Waals surface area contributed by atoms with E-state index >= 15 is 0 Å². The highest BCUT2D eigenvalue weighted by Gasteiger charge is 2.10. The number of nitrogens with zero attached hydrogens (tertiary/aromatic N) is 1. The number of fused-ring (bicyclic) bond motifs is 1. The Balaban J connectivity index is 1.35. The van der Waals surface area contributed by atoms with Crippen LogP contribution in [0.15, 0.2) is 59.0 Å². The summed E-state index contributed by atoms with van der Waals surface area (Å²) in [7, 11) is 0. The lowest BCUT2D eigenvalue weighted by Gasteiger charge is -2.04. The quantitative estimate of drug-likeness (QED) is 0.205. The number of aromatic nitrogens is 1. The molecule has 0 saturated heterocycles. The van der Waals surface area contributed by atoms with Crippen LogP contribution in [-0.4, -0.2) is 21.9 Å². The molecule has 4 rings (SSSR count). The lowest BCUT2D eigenvalue weighted by Crippen LogP contribution is -2.32. The molecule has 0 aliphatic rings. The van der Waals surface area contributed by atoms with Crippen LogP contribution < -0.4 is 16.0 Å². The predicted octanol–water partition coefficient (Wildman–Crippen LogP) is 6.35. The van der Waals surface area contributed by atoms with Crippen LogP contribution in [0.4, 0.5) is 10.8 Å². The fraction of sp³-hybridized carbons (Fsp3) is 0.0435. The Hall–Kier alpha value is -3.24. The normalized spacial score (nSPS) is 11.0. The highest BCUT2D eigenvalue weighted by Crippen LogP contribution is 2.32. The van der Waals surface area contributed by atoms with Gasteiger partial charge in [0.05, 0.1) is 15.2 Å². The molecule has 0 fully saturated rings. The van der Waals surface area contributed by atoms with Gasteiger partial charge in [-0.05, 0) is 66.8 Å². The highest BCUT2D eigenvalue weighted by atomic mass is 35.5. The topological polar surface area (TPSA) is 96.3 Å². The number of thiazole rings is 1. The smallest absolute Gasteiger partial charge is 0.250 e. The van der Waals surface area contributed by atoms with Gasteiger partial charge in [0.15, 0.2) is 10.2 Å². The van der Waals surface area contributed by atoms with Crippen molar-refractivity contribution in [3.05, 3.63) is 70.4 Å². The molecule has 0 radical (unpaired) electrons. The lowest BCUT2D eigenvalue weighted by atomic mass is 10.2. The maximum atomic E-state index is 12.2. The number of halogens is 2. The summed E-state index contributed by atoms with van der Waals surface area (Å²) in [5.74, 6) is 0.431. The Kier molecular flexibility index (Phi) is 7.28. The Bertz CT molecular complexity index is 1450. The number of nitrogens with one attached hydrogen (secondary N) is 3. The van der Waals surface area contributed by atoms with E-state index in [2.05, 4.69) is 20.9 Å². The average molecular weight is 531 g/mol. The predicted molar refractivity (Wildman–Crippen MR) is 141 cm³/mol. The molecule has 2 heterocycles. The zero-order valence-corrected chi connectivity index (χ0v) is 20.7. The molecular weight excluding hydrogens is 515 g/mol. The minimum atomic E-state index is -0.436. The van der Waals surface area contributed by atoms with Crippen LogP contribution in [0.1, 0.15) is 12.7 Å². The molecule has 0 saturated carbocycles. The third kappa shape index (κ3) is 6.00. The SMILES string of the molecule is CC(=O)Nc1ccc2nc(NC(=S)NC(=O)/C=C/c3ccc(-c4ccc(Cl)cc4Cl)o3)sc2c1. The van der Waals surface area contributed by atoms with Crippen molar-refractivity contribution in [3.8, 4) is 11.3 Å². The molecule has 2 aromatic carbocycles. The molecule has 0 aliphatic carbocycles. The Morgan fingerprint density at radius 3 is 2.68 bits per heavy atom. The van der Waals surface area contributed by atoms with E-state index in [-0.39, 0.29) is 11.0 Å². The van der Waals surface area contributed by atoms with Gasteiger partial charge in [0.25, 0.3) is 0 Å². The van der Waals surface area contributed by atoms with Gasteiger partial charge in [0.2, 0.25) is 11.8 Å². The summed E-state index contributed by atoms with van der Waals surface area (Å²) in [6.07, 6.45) is 2.82. The summed E-state index contributed by atoms with van der Waals surface area (Å²) in [6, 6.07) is 14.0. The number of rotatable bonds is 5. The fourth-order valence-corrected chi connectivity index (χ4v) is 4.65. The first-order valence-corrected chi connectivity index (χ1v) is 11.8. The van der Waals surface area contributed by atoms with E-state index in [9.17, 15) is 9.59 Å². The Morgan fingerprint density at radius 1 is 1.09 bits per heavy atom. The van der Waals surface area contributed by atoms with Crippen LogP contribution in [0.3, 0.4) is 0 Å². The molecular formula is C23H16Cl2N4O3S2. The van der Waals surface area contributed by atoms with Gasteiger partial charge < -0.3 is 15.1 Å². The number of hydrogen-bond donors (Lipinski definition) is 3. The van der Waals surface area contributed by atoms with Gasteiger partial charge in [-0.3, -0.25) is 14.9 Å². The van der Waals surface area contributed by atoms with Crippen LogP contribution in [0, 0.1) is 0 Å². The molecule has 0 aliphatic heterocycles. The van der Waals surface area contributed by atoms with Crippen LogP contribution in [0.25, 0.3) is 27.6 Å². The van der Waals surface area contributed by atoms with E-state index in [1.165, 1.54) is 30.4 Å². The van der Waals surface area contributed by atoms with Crippen LogP contribution in [0.2, 0.25) is 10.0 Å². The summed E-state index contributed by atoms with van der Waals surface area (Å²) in [5.41, 5.74) is 2.11. The summed E-state index contributed by atoms with van der Waals surface area (Å²) in [4.78, 5) is 27.9. The first-order chi connectivity index (χ1) is 16.3. The van der Waals surface area contributed by atoms with Gasteiger partial charge in [-0.25, -0.2) is 4.98 Å². The number of thiocarbonyl (C=S) groups is 1. The van der Waals surface area contributed by atoms with Gasteiger partial charge in [-0.2, -0.15) is 0 Å². The first kappa shape index (κ1) is 23.9. The lowest BCUT2D eigenvalue weighted by molar-refractivity contribution is -0.115. The molecule has 2 amide bonds. The van der Waals surface area contributed by atoms with Crippen molar-refractivity contribution in [2.75, 3.05) is 10.6 Å². The number of hydrogen-bond acceptors (Lipinski definition) is 6. The molecule has 11 heteroatoms. The maximum absolute atomic E-state index is 12.2. The van der Waals surface area contributed by atoms with Crippen molar-refractivity contribution >= 4 is 90.8 Å². The highest BCUT2D eigenvalue weighted by molar-refractivity contribution is 7.80. The summed E-state index contributed by atoms with van der Waals surface area (Å²) in [5, 5.41) is 9.79. The Labute approximate surface area is 213 Å². The van der Waals surface area contributed by atoms with Crippen molar-refractivity contribution in [1.29, 1.82) is 0 Å². The molecule has 4 aromatic rings. The molecule has 0 spiro atoms. The van der Waals surface area contributed by atoms with Crippen LogP contribution in [0.5, 0.6) is 0 Å². The number of amides is 2. The van der Waals surface area contributed by atoms with E-state index in [0.29, 0.717) is 37.9 Å². The van der Waals surface area contributed by atoms with Crippen molar-refractivity contribution in [3.63, 3.8) is 0 Å². The number of furan rings is 1. The van der Waals surface area contributed by atoms with E-state index in [0.717, 1.165) is 10.2 Å². The minimum Gasteiger partial charge on any atom is -0.457 e. The zero-order valence-electron chi connectivity index (χ0n) is 17.5. The molecule has 7 nitrogen and oxygen atoms in total. The minimum absolute atomic E-state index is 0.101. The largest absolute Gasteiger partial charge is 0.457 e. The van der Waals surface area contributed by atoms with Gasteiger partial charge in [0, 0.05) is 29.3 Å².